The van der Waals surface area contributed by atoms with E-state index in [1.807, 2.05) is 0 Å². The fourth-order valence-electron chi connectivity index (χ4n) is 2.75. The molecule has 1 atom stereocenters. The number of esters is 2. The highest BCUT2D eigenvalue weighted by Gasteiger charge is 2.21. The summed E-state index contributed by atoms with van der Waals surface area (Å²) in [6, 6.07) is 8.30. The molecule has 1 aromatic heterocycles. The van der Waals surface area contributed by atoms with Crippen LogP contribution >= 0.6 is 0 Å². The summed E-state index contributed by atoms with van der Waals surface area (Å²) < 4.78 is 47.4. The molecule has 1 N–H and O–H groups in total. The van der Waals surface area contributed by atoms with Gasteiger partial charge in [0.15, 0.2) is 0 Å². The van der Waals surface area contributed by atoms with Crippen molar-refractivity contribution in [2.24, 2.45) is 0 Å². The van der Waals surface area contributed by atoms with Gasteiger partial charge in [-0.25, -0.2) is 22.7 Å². The number of nitrogens with one attached hydrogen (secondary N) is 1. The quantitative estimate of drug-likeness (QED) is 0.639. The number of methoxy groups -OCH3 is 1. The molecule has 29 heavy (non-hydrogen) atoms. The summed E-state index contributed by atoms with van der Waals surface area (Å²) in [7, 11) is -2.47. The van der Waals surface area contributed by atoms with Crippen molar-refractivity contribution < 1.29 is 36.6 Å². The second-order valence-electron chi connectivity index (χ2n) is 6.34. The largest absolute Gasteiger partial charge is 0.463 e. The second kappa shape index (κ2) is 9.21. The maximum atomic E-state index is 12.3. The van der Waals surface area contributed by atoms with Crippen LogP contribution in [-0.4, -0.2) is 46.7 Å². The minimum atomic E-state index is -3.69. The zero-order valence-electron chi connectivity index (χ0n) is 15.8. The lowest BCUT2D eigenvalue weighted by molar-refractivity contribution is 0.0438. The van der Waals surface area contributed by atoms with Crippen molar-refractivity contribution in [2.75, 3.05) is 20.3 Å². The van der Waals surface area contributed by atoms with Gasteiger partial charge in [0.25, 0.3) is 0 Å². The van der Waals surface area contributed by atoms with Gasteiger partial charge in [-0.2, -0.15) is 0 Å². The maximum Gasteiger partial charge on any atom is 0.373 e. The SMILES string of the molecule is COC(=O)c1ccc(COC(=O)c2ccc(S(=O)(=O)NCC3CCCO3)cc2)o1. The van der Waals surface area contributed by atoms with E-state index >= 15 is 0 Å². The standard InChI is InChI=1S/C19H21NO8S/c1-25-19(22)17-9-6-15(28-17)12-27-18(21)13-4-7-16(8-5-13)29(23,24)20-11-14-3-2-10-26-14/h4-9,14,20H,2-3,10-12H2,1H3. The third kappa shape index (κ3) is 5.43. The maximum absolute atomic E-state index is 12.3. The van der Waals surface area contributed by atoms with Crippen LogP contribution in [0.5, 0.6) is 0 Å². The summed E-state index contributed by atoms with van der Waals surface area (Å²) in [5.41, 5.74) is 0.183. The number of benzene rings is 1. The minimum Gasteiger partial charge on any atom is -0.463 e. The molecule has 0 bridgehead atoms. The van der Waals surface area contributed by atoms with Gasteiger partial charge in [-0.1, -0.05) is 0 Å². The molecule has 0 aliphatic carbocycles. The van der Waals surface area contributed by atoms with Crippen molar-refractivity contribution in [3.63, 3.8) is 0 Å². The Morgan fingerprint density at radius 2 is 1.90 bits per heavy atom. The molecular weight excluding hydrogens is 402 g/mol. The first-order valence-corrected chi connectivity index (χ1v) is 10.4. The van der Waals surface area contributed by atoms with Gasteiger partial charge < -0.3 is 18.6 Å². The van der Waals surface area contributed by atoms with E-state index < -0.39 is 22.0 Å². The summed E-state index contributed by atoms with van der Waals surface area (Å²) in [5, 5.41) is 0. The Morgan fingerprint density at radius 3 is 2.55 bits per heavy atom. The molecule has 0 amide bonds. The van der Waals surface area contributed by atoms with Gasteiger partial charge in [-0.3, -0.25) is 0 Å². The molecule has 9 nitrogen and oxygen atoms in total. The van der Waals surface area contributed by atoms with E-state index in [0.29, 0.717) is 6.61 Å². The molecule has 2 heterocycles. The van der Waals surface area contributed by atoms with Crippen LogP contribution in [0.1, 0.15) is 39.5 Å². The molecule has 3 rings (SSSR count). The molecule has 0 spiro atoms. The highest BCUT2D eigenvalue weighted by molar-refractivity contribution is 7.89. The zero-order valence-corrected chi connectivity index (χ0v) is 16.6. The van der Waals surface area contributed by atoms with Crippen molar-refractivity contribution in [1.29, 1.82) is 0 Å². The minimum absolute atomic E-state index is 0.00334. The molecule has 1 aromatic carbocycles. The number of carbonyl (C=O) groups is 2. The Bertz CT molecular complexity index is 958. The van der Waals surface area contributed by atoms with E-state index in [1.165, 1.54) is 43.5 Å². The summed E-state index contributed by atoms with van der Waals surface area (Å²) in [4.78, 5) is 23.5. The number of furan rings is 1. The van der Waals surface area contributed by atoms with Crippen LogP contribution in [0.3, 0.4) is 0 Å². The van der Waals surface area contributed by atoms with E-state index in [4.69, 9.17) is 13.9 Å². The van der Waals surface area contributed by atoms with E-state index in [0.717, 1.165) is 12.8 Å². The molecule has 10 heteroatoms. The van der Waals surface area contributed by atoms with Crippen LogP contribution < -0.4 is 4.72 Å². The Balaban J connectivity index is 1.55. The third-order valence-electron chi connectivity index (χ3n) is 4.32. The number of sulfonamides is 1. The Morgan fingerprint density at radius 1 is 1.14 bits per heavy atom. The predicted molar refractivity (Wildman–Crippen MR) is 99.8 cm³/mol. The Kier molecular flexibility index (Phi) is 6.68. The van der Waals surface area contributed by atoms with Gasteiger partial charge in [0.05, 0.1) is 23.7 Å². The third-order valence-corrected chi connectivity index (χ3v) is 5.76. The fourth-order valence-corrected chi connectivity index (χ4v) is 3.81. The highest BCUT2D eigenvalue weighted by atomic mass is 32.2. The van der Waals surface area contributed by atoms with Crippen LogP contribution in [-0.2, 0) is 30.8 Å². The summed E-state index contributed by atoms with van der Waals surface area (Å²) in [5.74, 6) is -1.01. The first-order valence-electron chi connectivity index (χ1n) is 8.94. The van der Waals surface area contributed by atoms with Gasteiger partial charge in [0.2, 0.25) is 15.8 Å². The lowest BCUT2D eigenvalue weighted by atomic mass is 10.2. The molecule has 1 unspecified atom stereocenters. The summed E-state index contributed by atoms with van der Waals surface area (Å²) in [6.07, 6.45) is 1.63. The topological polar surface area (TPSA) is 121 Å². The lowest BCUT2D eigenvalue weighted by Gasteiger charge is -2.11. The van der Waals surface area contributed by atoms with Crippen LogP contribution in [0.4, 0.5) is 0 Å². The molecule has 1 aliphatic heterocycles. The average Bonchev–Trinajstić information content (AvgIpc) is 3.42. The fraction of sp³-hybridized carbons (Fsp3) is 0.368. The number of hydrogen-bond donors (Lipinski definition) is 1. The molecule has 1 aliphatic rings. The van der Waals surface area contributed by atoms with E-state index in [9.17, 15) is 18.0 Å². The Labute approximate surface area is 168 Å². The lowest BCUT2D eigenvalue weighted by Crippen LogP contribution is -2.31. The number of carbonyl (C=O) groups excluding carboxylic acids is 2. The van der Waals surface area contributed by atoms with Gasteiger partial charge in [-0.05, 0) is 49.2 Å². The number of ether oxygens (including phenoxy) is 3. The van der Waals surface area contributed by atoms with Crippen LogP contribution in [0.15, 0.2) is 45.7 Å². The number of hydrogen-bond acceptors (Lipinski definition) is 8. The molecule has 0 saturated carbocycles. The normalized spacial score (nSPS) is 16.5. The molecular formula is C19H21NO8S. The van der Waals surface area contributed by atoms with E-state index in [1.54, 1.807) is 0 Å². The number of rotatable bonds is 8. The highest BCUT2D eigenvalue weighted by Crippen LogP contribution is 2.15. The molecule has 156 valence electrons. The van der Waals surface area contributed by atoms with Crippen LogP contribution in [0.25, 0.3) is 0 Å². The smallest absolute Gasteiger partial charge is 0.373 e. The van der Waals surface area contributed by atoms with Gasteiger partial charge in [-0.15, -0.1) is 0 Å². The van der Waals surface area contributed by atoms with Gasteiger partial charge in [0, 0.05) is 13.2 Å². The van der Waals surface area contributed by atoms with Gasteiger partial charge >= 0.3 is 11.9 Å². The monoisotopic (exact) mass is 423 g/mol. The van der Waals surface area contributed by atoms with Crippen molar-refractivity contribution in [3.05, 3.63) is 53.5 Å². The van der Waals surface area contributed by atoms with Crippen molar-refractivity contribution in [3.8, 4) is 0 Å². The van der Waals surface area contributed by atoms with Crippen LogP contribution in [0.2, 0.25) is 0 Å². The van der Waals surface area contributed by atoms with Crippen molar-refractivity contribution in [2.45, 2.75) is 30.4 Å². The average molecular weight is 423 g/mol. The second-order valence-corrected chi connectivity index (χ2v) is 8.11. The molecule has 1 saturated heterocycles. The molecule has 0 radical (unpaired) electrons. The van der Waals surface area contributed by atoms with Crippen molar-refractivity contribution in [1.82, 2.24) is 4.72 Å². The summed E-state index contributed by atoms with van der Waals surface area (Å²) >= 11 is 0. The first kappa shape index (κ1) is 21.0. The predicted octanol–water partition coefficient (Wildman–Crippen LogP) is 1.88. The van der Waals surface area contributed by atoms with E-state index in [-0.39, 0.29) is 41.2 Å². The molecule has 2 aromatic rings. The molecule has 1 fully saturated rings. The van der Waals surface area contributed by atoms with Crippen molar-refractivity contribution >= 4 is 22.0 Å². The first-order chi connectivity index (χ1) is 13.9. The summed E-state index contributed by atoms with van der Waals surface area (Å²) in [6.45, 7) is 0.673. The van der Waals surface area contributed by atoms with Gasteiger partial charge in [0.1, 0.15) is 12.4 Å². The zero-order chi connectivity index (χ0) is 20.9. The van der Waals surface area contributed by atoms with Crippen LogP contribution in [0, 0.1) is 0 Å². The van der Waals surface area contributed by atoms with E-state index in [2.05, 4.69) is 9.46 Å². The Hall–Kier alpha value is -2.69.